The topological polar surface area (TPSA) is 42.0 Å². The molecule has 3 nitrogen and oxygen atoms in total. The zero-order valence-corrected chi connectivity index (χ0v) is 11.2. The predicted octanol–water partition coefficient (Wildman–Crippen LogP) is 3.23. The van der Waals surface area contributed by atoms with Crippen molar-refractivity contribution in [3.63, 3.8) is 0 Å². The predicted molar refractivity (Wildman–Crippen MR) is 83.7 cm³/mol. The molecule has 100 valence electrons. The summed E-state index contributed by atoms with van der Waals surface area (Å²) in [5.41, 5.74) is 1.54. The van der Waals surface area contributed by atoms with Crippen molar-refractivity contribution in [1.82, 2.24) is 4.98 Å². The summed E-state index contributed by atoms with van der Waals surface area (Å²) in [6.45, 7) is 0. The van der Waals surface area contributed by atoms with Crippen molar-refractivity contribution in [2.75, 3.05) is 5.32 Å². The molecule has 0 aliphatic heterocycles. The first-order valence-electron chi connectivity index (χ1n) is 6.53. The van der Waals surface area contributed by atoms with Crippen LogP contribution in [0.4, 0.5) is 5.69 Å². The average molecular weight is 272 g/mol. The monoisotopic (exact) mass is 272 g/mol. The van der Waals surface area contributed by atoms with E-state index in [-0.39, 0.29) is 5.91 Å². The zero-order valence-electron chi connectivity index (χ0n) is 11.2. The maximum Gasteiger partial charge on any atom is 0.300 e. The molecule has 0 unspecified atom stereocenters. The van der Waals surface area contributed by atoms with Gasteiger partial charge in [-0.05, 0) is 35.7 Å². The van der Waals surface area contributed by atoms with Crippen molar-refractivity contribution in [1.29, 1.82) is 0 Å². The Balaban J connectivity index is 1.76. The number of aromatic nitrogens is 1. The molecule has 0 bridgehead atoms. The first kappa shape index (κ1) is 12.9. The van der Waals surface area contributed by atoms with Crippen molar-refractivity contribution in [2.24, 2.45) is 0 Å². The lowest BCUT2D eigenvalue weighted by Crippen LogP contribution is -2.08. The summed E-state index contributed by atoms with van der Waals surface area (Å²) in [5, 5.41) is 4.83. The van der Waals surface area contributed by atoms with Crippen LogP contribution in [0.5, 0.6) is 0 Å². The molecule has 1 amide bonds. The van der Waals surface area contributed by atoms with Gasteiger partial charge in [-0.1, -0.05) is 30.2 Å². The van der Waals surface area contributed by atoms with E-state index in [0.29, 0.717) is 0 Å². The van der Waals surface area contributed by atoms with Gasteiger partial charge in [-0.15, -0.1) is 0 Å². The second-order valence-corrected chi connectivity index (χ2v) is 4.51. The van der Waals surface area contributed by atoms with E-state index >= 15 is 0 Å². The largest absolute Gasteiger partial charge is 0.315 e. The number of pyridine rings is 1. The van der Waals surface area contributed by atoms with E-state index < -0.39 is 0 Å². The second kappa shape index (κ2) is 5.89. The van der Waals surface area contributed by atoms with Crippen LogP contribution < -0.4 is 5.32 Å². The van der Waals surface area contributed by atoms with Crippen LogP contribution in [0.15, 0.2) is 67.0 Å². The highest BCUT2D eigenvalue weighted by molar-refractivity contribution is 6.05. The van der Waals surface area contributed by atoms with Gasteiger partial charge in [0.1, 0.15) is 0 Å². The van der Waals surface area contributed by atoms with Gasteiger partial charge in [0.25, 0.3) is 0 Å². The number of amides is 1. The third-order valence-corrected chi connectivity index (χ3v) is 2.99. The Kier molecular flexibility index (Phi) is 3.62. The minimum atomic E-state index is -0.327. The van der Waals surface area contributed by atoms with Gasteiger partial charge in [0.2, 0.25) is 0 Å². The number of hydrogen-bond acceptors (Lipinski definition) is 2. The van der Waals surface area contributed by atoms with E-state index in [0.717, 1.165) is 22.0 Å². The third-order valence-electron chi connectivity index (χ3n) is 2.99. The molecule has 0 saturated carbocycles. The van der Waals surface area contributed by atoms with Gasteiger partial charge in [0, 0.05) is 35.0 Å². The number of rotatable bonds is 1. The van der Waals surface area contributed by atoms with Crippen LogP contribution in [0.1, 0.15) is 5.56 Å². The maximum absolute atomic E-state index is 11.8. The molecule has 0 radical (unpaired) electrons. The molecule has 0 spiro atoms. The van der Waals surface area contributed by atoms with Crippen molar-refractivity contribution < 1.29 is 4.79 Å². The highest BCUT2D eigenvalue weighted by Crippen LogP contribution is 2.17. The van der Waals surface area contributed by atoms with Gasteiger partial charge in [-0.3, -0.25) is 9.78 Å². The number of nitrogens with one attached hydrogen (secondary N) is 1. The molecule has 21 heavy (non-hydrogen) atoms. The van der Waals surface area contributed by atoms with E-state index in [1.807, 2.05) is 54.6 Å². The lowest BCUT2D eigenvalue weighted by molar-refractivity contribution is -0.111. The van der Waals surface area contributed by atoms with Gasteiger partial charge in [-0.25, -0.2) is 0 Å². The van der Waals surface area contributed by atoms with Crippen molar-refractivity contribution in [2.45, 2.75) is 0 Å². The van der Waals surface area contributed by atoms with E-state index in [2.05, 4.69) is 22.1 Å². The van der Waals surface area contributed by atoms with E-state index in [4.69, 9.17) is 0 Å². The Morgan fingerprint density at radius 3 is 2.71 bits per heavy atom. The molecule has 0 atom stereocenters. The number of hydrogen-bond donors (Lipinski definition) is 1. The number of carbonyl (C=O) groups is 1. The Morgan fingerprint density at radius 2 is 1.86 bits per heavy atom. The van der Waals surface area contributed by atoms with Crippen molar-refractivity contribution >= 4 is 22.4 Å². The molecule has 0 fully saturated rings. The standard InChI is InChI=1S/C18H12N2O/c21-18(9-6-14-4-2-1-3-5-14)20-17-8-7-16-13-19-11-10-15(16)12-17/h1-5,7-8,10-13H,(H,20,21). The highest BCUT2D eigenvalue weighted by atomic mass is 16.1. The second-order valence-electron chi connectivity index (χ2n) is 4.51. The fraction of sp³-hybridized carbons (Fsp3) is 0. The summed E-state index contributed by atoms with van der Waals surface area (Å²) in [4.78, 5) is 15.9. The van der Waals surface area contributed by atoms with Crippen LogP contribution in [-0.4, -0.2) is 10.9 Å². The smallest absolute Gasteiger partial charge is 0.300 e. The van der Waals surface area contributed by atoms with Gasteiger partial charge in [0.15, 0.2) is 0 Å². The summed E-state index contributed by atoms with van der Waals surface area (Å²) in [6, 6.07) is 17.0. The lowest BCUT2D eigenvalue weighted by Gasteiger charge is -2.02. The maximum atomic E-state index is 11.8. The average Bonchev–Trinajstić information content (AvgIpc) is 2.54. The van der Waals surface area contributed by atoms with Crippen molar-refractivity contribution in [3.8, 4) is 11.8 Å². The molecule has 3 aromatic rings. The summed E-state index contributed by atoms with van der Waals surface area (Å²) >= 11 is 0. The fourth-order valence-electron chi connectivity index (χ4n) is 1.97. The van der Waals surface area contributed by atoms with Crippen LogP contribution in [0.3, 0.4) is 0 Å². The quantitative estimate of drug-likeness (QED) is 0.691. The molecular weight excluding hydrogens is 260 g/mol. The molecule has 0 saturated heterocycles. The minimum Gasteiger partial charge on any atom is -0.315 e. The zero-order chi connectivity index (χ0) is 14.5. The van der Waals surface area contributed by atoms with Gasteiger partial charge in [0.05, 0.1) is 0 Å². The molecule has 0 aliphatic carbocycles. The summed E-state index contributed by atoms with van der Waals surface area (Å²) < 4.78 is 0. The molecule has 3 heteroatoms. The first-order valence-corrected chi connectivity index (χ1v) is 6.53. The normalized spacial score (nSPS) is 9.71. The SMILES string of the molecule is O=C(C#Cc1ccccc1)Nc1ccc2cnccc2c1. The molecule has 1 heterocycles. The van der Waals surface area contributed by atoms with Crippen LogP contribution in [0.25, 0.3) is 10.8 Å². The lowest BCUT2D eigenvalue weighted by atomic mass is 10.1. The summed E-state index contributed by atoms with van der Waals surface area (Å²) in [6.07, 6.45) is 3.51. The number of nitrogens with zero attached hydrogens (tertiary/aromatic N) is 1. The third kappa shape index (κ3) is 3.26. The molecule has 2 aromatic carbocycles. The Hall–Kier alpha value is -3.12. The Labute approximate surface area is 122 Å². The van der Waals surface area contributed by atoms with Crippen LogP contribution in [-0.2, 0) is 4.79 Å². The van der Waals surface area contributed by atoms with Gasteiger partial charge in [-0.2, -0.15) is 0 Å². The van der Waals surface area contributed by atoms with Gasteiger partial charge < -0.3 is 5.32 Å². The molecular formula is C18H12N2O. The number of anilines is 1. The summed E-state index contributed by atoms with van der Waals surface area (Å²) in [7, 11) is 0. The van der Waals surface area contributed by atoms with Crippen molar-refractivity contribution in [3.05, 3.63) is 72.6 Å². The highest BCUT2D eigenvalue weighted by Gasteiger charge is 1.99. The fourth-order valence-corrected chi connectivity index (χ4v) is 1.97. The number of carbonyl (C=O) groups excluding carboxylic acids is 1. The van der Waals surface area contributed by atoms with Crippen LogP contribution >= 0.6 is 0 Å². The van der Waals surface area contributed by atoms with Crippen LogP contribution in [0, 0.1) is 11.8 Å². The van der Waals surface area contributed by atoms with Crippen LogP contribution in [0.2, 0.25) is 0 Å². The Bertz CT molecular complexity index is 845. The number of benzene rings is 2. The molecule has 1 aromatic heterocycles. The minimum absolute atomic E-state index is 0.327. The first-order chi connectivity index (χ1) is 10.3. The van der Waals surface area contributed by atoms with E-state index in [1.54, 1.807) is 12.4 Å². The number of fused-ring (bicyclic) bond motifs is 1. The van der Waals surface area contributed by atoms with E-state index in [1.165, 1.54) is 0 Å². The Morgan fingerprint density at radius 1 is 1.00 bits per heavy atom. The summed E-state index contributed by atoms with van der Waals surface area (Å²) in [5.74, 6) is 5.09. The molecule has 1 N–H and O–H groups in total. The van der Waals surface area contributed by atoms with E-state index in [9.17, 15) is 4.79 Å². The molecule has 3 rings (SSSR count). The van der Waals surface area contributed by atoms with Gasteiger partial charge >= 0.3 is 5.91 Å². The molecule has 0 aliphatic rings.